The van der Waals surface area contributed by atoms with Gasteiger partial charge in [0.15, 0.2) is 0 Å². The van der Waals surface area contributed by atoms with Crippen molar-refractivity contribution < 1.29 is 28.6 Å². The first-order valence-electron chi connectivity index (χ1n) is 11.7. The average molecular weight is 476 g/mol. The minimum Gasteiger partial charge on any atom is -0.493 e. The summed E-state index contributed by atoms with van der Waals surface area (Å²) in [7, 11) is 0. The predicted molar refractivity (Wildman–Crippen MR) is 128 cm³/mol. The third-order valence-electron chi connectivity index (χ3n) is 6.56. The van der Waals surface area contributed by atoms with Crippen LogP contribution in [0, 0.1) is 11.7 Å². The molecule has 6 nitrogen and oxygen atoms in total. The number of carbonyl (C=O) groups excluding carboxylic acids is 1. The van der Waals surface area contributed by atoms with E-state index < -0.39 is 23.9 Å². The Morgan fingerprint density at radius 3 is 2.26 bits per heavy atom. The molecule has 3 aromatic carbocycles. The molecule has 5 rings (SSSR count). The molecule has 1 amide bonds. The van der Waals surface area contributed by atoms with Gasteiger partial charge in [-0.05, 0) is 52.6 Å². The number of carboxylic acid groups (broad SMARTS) is 1. The highest BCUT2D eigenvalue weighted by Crippen LogP contribution is 2.44. The first kappa shape index (κ1) is 22.9. The molecule has 0 radical (unpaired) electrons. The zero-order valence-corrected chi connectivity index (χ0v) is 19.1. The van der Waals surface area contributed by atoms with Crippen LogP contribution in [0.1, 0.15) is 35.4 Å². The number of fused-ring (bicyclic) bond motifs is 3. The van der Waals surface area contributed by atoms with Crippen LogP contribution in [0.3, 0.4) is 0 Å². The second-order valence-electron chi connectivity index (χ2n) is 9.07. The first-order valence-corrected chi connectivity index (χ1v) is 11.7. The Kier molecular flexibility index (Phi) is 6.40. The Hall–Kier alpha value is -3.87. The second-order valence-corrected chi connectivity index (χ2v) is 9.07. The molecule has 2 aliphatic rings. The molecule has 0 heterocycles. The number of ether oxygens (including phenoxy) is 2. The van der Waals surface area contributed by atoms with Crippen molar-refractivity contribution in [2.45, 2.75) is 31.2 Å². The molecule has 1 saturated carbocycles. The molecule has 180 valence electrons. The molecular formula is C28H26FNO5. The Morgan fingerprint density at radius 2 is 1.63 bits per heavy atom. The second kappa shape index (κ2) is 9.78. The van der Waals surface area contributed by atoms with E-state index in [9.17, 15) is 19.1 Å². The molecule has 35 heavy (non-hydrogen) atoms. The van der Waals surface area contributed by atoms with Gasteiger partial charge in [-0.1, -0.05) is 54.6 Å². The van der Waals surface area contributed by atoms with E-state index >= 15 is 0 Å². The zero-order valence-electron chi connectivity index (χ0n) is 19.1. The number of alkyl carbamates (subject to hydrolysis) is 1. The minimum atomic E-state index is -1.25. The van der Waals surface area contributed by atoms with Crippen LogP contribution in [0.2, 0.25) is 0 Å². The lowest BCUT2D eigenvalue weighted by Gasteiger charge is -2.19. The van der Waals surface area contributed by atoms with Crippen LogP contribution >= 0.6 is 0 Å². The Labute approximate surface area is 202 Å². The maximum absolute atomic E-state index is 13.8. The fourth-order valence-electron chi connectivity index (χ4n) is 4.53. The summed E-state index contributed by atoms with van der Waals surface area (Å²) >= 11 is 0. The summed E-state index contributed by atoms with van der Waals surface area (Å²) in [5.74, 6) is -1.04. The highest BCUT2D eigenvalue weighted by molar-refractivity contribution is 5.81. The fourth-order valence-corrected chi connectivity index (χ4v) is 4.53. The maximum atomic E-state index is 13.8. The molecule has 1 atom stereocenters. The van der Waals surface area contributed by atoms with Gasteiger partial charge in [-0.25, -0.2) is 14.0 Å². The average Bonchev–Trinajstić information content (AvgIpc) is 3.63. The van der Waals surface area contributed by atoms with Gasteiger partial charge < -0.3 is 19.9 Å². The number of nitrogens with one attached hydrogen (secondary N) is 1. The molecule has 0 bridgehead atoms. The van der Waals surface area contributed by atoms with Crippen molar-refractivity contribution in [1.82, 2.24) is 5.32 Å². The molecule has 0 aliphatic heterocycles. The van der Waals surface area contributed by atoms with E-state index in [-0.39, 0.29) is 18.9 Å². The van der Waals surface area contributed by atoms with Gasteiger partial charge in [0.25, 0.3) is 0 Å². The monoisotopic (exact) mass is 475 g/mol. The van der Waals surface area contributed by atoms with E-state index in [4.69, 9.17) is 9.47 Å². The summed E-state index contributed by atoms with van der Waals surface area (Å²) in [6.45, 7) is 0.548. The lowest BCUT2D eigenvalue weighted by atomic mass is 9.98. The number of aliphatic carboxylic acids is 1. The van der Waals surface area contributed by atoms with Crippen molar-refractivity contribution in [3.8, 4) is 16.9 Å². The SMILES string of the molecule is O=C(NC(Cc1ccc(F)cc1OCC1CC1)C(=O)O)OCC1c2ccccc2-c2ccccc21. The normalized spacial score (nSPS) is 15.1. The molecule has 1 unspecified atom stereocenters. The quantitative estimate of drug-likeness (QED) is 0.447. The van der Waals surface area contributed by atoms with Crippen molar-refractivity contribution in [2.75, 3.05) is 13.2 Å². The molecule has 2 aliphatic carbocycles. The van der Waals surface area contributed by atoms with E-state index in [0.717, 1.165) is 35.1 Å². The lowest BCUT2D eigenvalue weighted by molar-refractivity contribution is -0.139. The molecular weight excluding hydrogens is 449 g/mol. The van der Waals surface area contributed by atoms with Gasteiger partial charge in [0.05, 0.1) is 6.61 Å². The van der Waals surface area contributed by atoms with E-state index in [0.29, 0.717) is 23.8 Å². The van der Waals surface area contributed by atoms with Gasteiger partial charge >= 0.3 is 12.1 Å². The number of rotatable bonds is 9. The Balaban J connectivity index is 1.25. The summed E-state index contributed by atoms with van der Waals surface area (Å²) < 4.78 is 25.0. The van der Waals surface area contributed by atoms with Gasteiger partial charge in [0.1, 0.15) is 24.2 Å². The summed E-state index contributed by atoms with van der Waals surface area (Å²) in [4.78, 5) is 24.5. The lowest BCUT2D eigenvalue weighted by Crippen LogP contribution is -2.43. The Bertz CT molecular complexity index is 1210. The zero-order chi connectivity index (χ0) is 24.4. The van der Waals surface area contributed by atoms with Crippen molar-refractivity contribution in [2.24, 2.45) is 5.92 Å². The van der Waals surface area contributed by atoms with Crippen molar-refractivity contribution >= 4 is 12.1 Å². The first-order chi connectivity index (χ1) is 17.0. The maximum Gasteiger partial charge on any atom is 0.407 e. The van der Waals surface area contributed by atoms with Crippen LogP contribution in [0.25, 0.3) is 11.1 Å². The number of carboxylic acids is 1. The molecule has 1 fully saturated rings. The Morgan fingerprint density at radius 1 is 0.971 bits per heavy atom. The van der Waals surface area contributed by atoms with Crippen molar-refractivity contribution in [3.63, 3.8) is 0 Å². The summed E-state index contributed by atoms with van der Waals surface area (Å²) in [6.07, 6.45) is 1.28. The highest BCUT2D eigenvalue weighted by Gasteiger charge is 2.30. The predicted octanol–water partition coefficient (Wildman–Crippen LogP) is 5.15. The topological polar surface area (TPSA) is 84.9 Å². The van der Waals surface area contributed by atoms with Crippen LogP contribution in [0.5, 0.6) is 5.75 Å². The summed E-state index contributed by atoms with van der Waals surface area (Å²) in [5, 5.41) is 12.2. The number of amides is 1. The van der Waals surface area contributed by atoms with E-state index in [1.165, 1.54) is 18.2 Å². The molecule has 0 saturated heterocycles. The van der Waals surface area contributed by atoms with Crippen LogP contribution < -0.4 is 10.1 Å². The van der Waals surface area contributed by atoms with Gasteiger partial charge in [-0.2, -0.15) is 0 Å². The van der Waals surface area contributed by atoms with Gasteiger partial charge in [-0.15, -0.1) is 0 Å². The van der Waals surface area contributed by atoms with Crippen LogP contribution in [-0.2, 0) is 16.0 Å². The number of halogens is 1. The number of hydrogen-bond donors (Lipinski definition) is 2. The van der Waals surface area contributed by atoms with Crippen LogP contribution in [0.4, 0.5) is 9.18 Å². The third kappa shape index (κ3) is 5.14. The third-order valence-corrected chi connectivity index (χ3v) is 6.56. The van der Waals surface area contributed by atoms with Crippen molar-refractivity contribution in [3.05, 3.63) is 89.2 Å². The van der Waals surface area contributed by atoms with E-state index in [1.54, 1.807) is 0 Å². The minimum absolute atomic E-state index is 0.0557. The van der Waals surface area contributed by atoms with Crippen molar-refractivity contribution in [1.29, 1.82) is 0 Å². The largest absolute Gasteiger partial charge is 0.493 e. The van der Waals surface area contributed by atoms with Gasteiger partial charge in [0, 0.05) is 18.4 Å². The molecule has 0 spiro atoms. The molecule has 3 aromatic rings. The smallest absolute Gasteiger partial charge is 0.407 e. The standard InChI is InChI=1S/C28H26FNO5/c29-19-12-11-18(26(14-19)34-15-17-9-10-17)13-25(27(31)32)30-28(33)35-16-24-22-7-3-1-5-20(22)21-6-2-4-8-23(21)24/h1-8,11-12,14,17,24-25H,9-10,13,15-16H2,(H,30,33)(H,31,32). The number of benzene rings is 3. The fraction of sp³-hybridized carbons (Fsp3) is 0.286. The molecule has 7 heteroatoms. The summed E-state index contributed by atoms with van der Waals surface area (Å²) in [5.41, 5.74) is 4.87. The van der Waals surface area contributed by atoms with Gasteiger partial charge in [0.2, 0.25) is 0 Å². The van der Waals surface area contributed by atoms with Crippen LogP contribution in [0.15, 0.2) is 66.7 Å². The van der Waals surface area contributed by atoms with E-state index in [2.05, 4.69) is 5.32 Å². The highest BCUT2D eigenvalue weighted by atomic mass is 19.1. The number of carbonyl (C=O) groups is 2. The summed E-state index contributed by atoms with van der Waals surface area (Å²) in [6, 6.07) is 18.7. The molecule has 2 N–H and O–H groups in total. The number of hydrogen-bond acceptors (Lipinski definition) is 4. The van der Waals surface area contributed by atoms with Gasteiger partial charge in [-0.3, -0.25) is 0 Å². The van der Waals surface area contributed by atoms with E-state index in [1.807, 2.05) is 48.5 Å². The molecule has 0 aromatic heterocycles. The van der Waals surface area contributed by atoms with Crippen LogP contribution in [-0.4, -0.2) is 36.4 Å².